The van der Waals surface area contributed by atoms with Crippen LogP contribution in [-0.2, 0) is 20.7 Å². The van der Waals surface area contributed by atoms with Crippen LogP contribution in [0, 0.1) is 0 Å². The zero-order chi connectivity index (χ0) is 23.7. The molecule has 0 aromatic heterocycles. The molecule has 0 unspecified atom stereocenters. The molecule has 2 aromatic rings. The number of anilines is 1. The summed E-state index contributed by atoms with van der Waals surface area (Å²) in [6.07, 6.45) is 1.39. The standard InChI is InChI=1S/C26H30N2O5/c1-16-14-19-15-18(8-11-21(19)33-16)24(29)22-23(17-6-9-20(10-7-17)27(2)3)28(12-5-13-32-4)26(31)25(22)30/h6-11,15-16,23,29H,5,12-14H2,1-4H3/t16-,23+/m1/s1. The molecule has 33 heavy (non-hydrogen) atoms. The Morgan fingerprint density at radius 2 is 1.91 bits per heavy atom. The number of ketones is 1. The summed E-state index contributed by atoms with van der Waals surface area (Å²) in [5.74, 6) is -0.648. The number of benzene rings is 2. The van der Waals surface area contributed by atoms with E-state index in [1.807, 2.05) is 62.3 Å². The molecule has 1 fully saturated rings. The maximum atomic E-state index is 13.1. The van der Waals surface area contributed by atoms with Crippen molar-refractivity contribution in [2.75, 3.05) is 39.3 Å². The number of aliphatic hydroxyl groups excluding tert-OH is 1. The Bertz CT molecular complexity index is 1090. The largest absolute Gasteiger partial charge is 0.507 e. The van der Waals surface area contributed by atoms with Gasteiger partial charge in [0, 0.05) is 52.0 Å². The minimum Gasteiger partial charge on any atom is -0.507 e. The van der Waals surface area contributed by atoms with Gasteiger partial charge in [-0.1, -0.05) is 12.1 Å². The van der Waals surface area contributed by atoms with Gasteiger partial charge in [-0.05, 0) is 54.8 Å². The number of methoxy groups -OCH3 is 1. The van der Waals surface area contributed by atoms with Crippen LogP contribution < -0.4 is 9.64 Å². The number of Topliss-reactive ketones (excluding diaryl/α,β-unsaturated/α-hetero) is 1. The maximum Gasteiger partial charge on any atom is 0.295 e. The van der Waals surface area contributed by atoms with Crippen molar-refractivity contribution >= 4 is 23.1 Å². The summed E-state index contributed by atoms with van der Waals surface area (Å²) in [4.78, 5) is 29.6. The number of carbonyl (C=O) groups excluding carboxylic acids is 2. The van der Waals surface area contributed by atoms with Crippen molar-refractivity contribution in [1.82, 2.24) is 4.90 Å². The number of nitrogens with zero attached hydrogens (tertiary/aromatic N) is 2. The van der Waals surface area contributed by atoms with Crippen LogP contribution in [0.25, 0.3) is 5.76 Å². The minimum atomic E-state index is -0.670. The van der Waals surface area contributed by atoms with Crippen LogP contribution in [0.15, 0.2) is 48.0 Å². The van der Waals surface area contributed by atoms with E-state index in [0.717, 1.165) is 29.0 Å². The van der Waals surface area contributed by atoms with Gasteiger partial charge in [-0.3, -0.25) is 9.59 Å². The molecule has 0 saturated carbocycles. The summed E-state index contributed by atoms with van der Waals surface area (Å²) >= 11 is 0. The third kappa shape index (κ3) is 4.33. The van der Waals surface area contributed by atoms with E-state index >= 15 is 0 Å². The second-order valence-electron chi connectivity index (χ2n) is 8.78. The van der Waals surface area contributed by atoms with Gasteiger partial charge in [0.25, 0.3) is 11.7 Å². The zero-order valence-electron chi connectivity index (χ0n) is 19.5. The topological polar surface area (TPSA) is 79.3 Å². The van der Waals surface area contributed by atoms with Gasteiger partial charge in [0.1, 0.15) is 17.6 Å². The number of ether oxygens (including phenoxy) is 2. The predicted octanol–water partition coefficient (Wildman–Crippen LogP) is 3.53. The minimum absolute atomic E-state index is 0.0685. The Balaban J connectivity index is 1.79. The lowest BCUT2D eigenvalue weighted by Crippen LogP contribution is -2.31. The number of amides is 1. The SMILES string of the molecule is COCCCN1C(=O)C(=O)C(=C(O)c2ccc3c(c2)C[C@@H](C)O3)[C@@H]1c1ccc(N(C)C)cc1. The molecule has 0 aliphatic carbocycles. The second-order valence-corrected chi connectivity index (χ2v) is 8.78. The number of aliphatic hydroxyl groups is 1. The van der Waals surface area contributed by atoms with E-state index in [1.54, 1.807) is 13.2 Å². The van der Waals surface area contributed by atoms with Crippen LogP contribution in [0.2, 0.25) is 0 Å². The lowest BCUT2D eigenvalue weighted by molar-refractivity contribution is -0.140. The Morgan fingerprint density at radius 3 is 2.58 bits per heavy atom. The fraction of sp³-hybridized carbons (Fsp3) is 0.385. The van der Waals surface area contributed by atoms with Crippen molar-refractivity contribution in [3.05, 3.63) is 64.7 Å². The Kier molecular flexibility index (Phi) is 6.42. The predicted molar refractivity (Wildman–Crippen MR) is 127 cm³/mol. The molecular formula is C26H30N2O5. The van der Waals surface area contributed by atoms with Crippen LogP contribution in [0.5, 0.6) is 5.75 Å². The van der Waals surface area contributed by atoms with Gasteiger partial charge >= 0.3 is 0 Å². The third-order valence-electron chi connectivity index (χ3n) is 6.18. The Labute approximate surface area is 194 Å². The normalized spacial score (nSPS) is 21.3. The van der Waals surface area contributed by atoms with E-state index in [9.17, 15) is 14.7 Å². The van der Waals surface area contributed by atoms with Crippen LogP contribution in [-0.4, -0.2) is 62.2 Å². The van der Waals surface area contributed by atoms with E-state index in [0.29, 0.717) is 25.1 Å². The number of carbonyl (C=O) groups is 2. The molecule has 0 spiro atoms. The number of rotatable bonds is 7. The highest BCUT2D eigenvalue weighted by molar-refractivity contribution is 6.46. The third-order valence-corrected chi connectivity index (χ3v) is 6.18. The first kappa shape index (κ1) is 22.9. The summed E-state index contributed by atoms with van der Waals surface area (Å²) in [6, 6.07) is 12.4. The zero-order valence-corrected chi connectivity index (χ0v) is 19.5. The van der Waals surface area contributed by atoms with Crippen LogP contribution in [0.3, 0.4) is 0 Å². The van der Waals surface area contributed by atoms with Crippen molar-refractivity contribution in [2.24, 2.45) is 0 Å². The van der Waals surface area contributed by atoms with Gasteiger partial charge in [0.2, 0.25) is 0 Å². The molecule has 2 atom stereocenters. The lowest BCUT2D eigenvalue weighted by atomic mass is 9.94. The van der Waals surface area contributed by atoms with E-state index in [4.69, 9.17) is 9.47 Å². The summed E-state index contributed by atoms with van der Waals surface area (Å²) in [7, 11) is 5.50. The summed E-state index contributed by atoms with van der Waals surface area (Å²) in [5.41, 5.74) is 3.38. The summed E-state index contributed by atoms with van der Waals surface area (Å²) < 4.78 is 10.9. The number of likely N-dealkylation sites (tertiary alicyclic amines) is 1. The molecule has 7 nitrogen and oxygen atoms in total. The van der Waals surface area contributed by atoms with E-state index in [-0.39, 0.29) is 17.4 Å². The number of hydrogen-bond donors (Lipinski definition) is 1. The van der Waals surface area contributed by atoms with Gasteiger partial charge in [0.05, 0.1) is 11.6 Å². The maximum absolute atomic E-state index is 13.1. The van der Waals surface area contributed by atoms with Crippen LogP contribution >= 0.6 is 0 Å². The average Bonchev–Trinajstić information content (AvgIpc) is 3.29. The molecular weight excluding hydrogens is 420 g/mol. The smallest absolute Gasteiger partial charge is 0.295 e. The number of fused-ring (bicyclic) bond motifs is 1. The van der Waals surface area contributed by atoms with Gasteiger partial charge in [-0.15, -0.1) is 0 Å². The average molecular weight is 451 g/mol. The quantitative estimate of drug-likeness (QED) is 0.301. The molecule has 174 valence electrons. The monoisotopic (exact) mass is 450 g/mol. The van der Waals surface area contributed by atoms with Crippen molar-refractivity contribution in [3.63, 3.8) is 0 Å². The molecule has 1 N–H and O–H groups in total. The summed E-state index contributed by atoms with van der Waals surface area (Å²) in [5, 5.41) is 11.3. The highest BCUT2D eigenvalue weighted by atomic mass is 16.5. The van der Waals surface area contributed by atoms with Crippen molar-refractivity contribution in [1.29, 1.82) is 0 Å². The van der Waals surface area contributed by atoms with E-state index in [1.165, 1.54) is 4.90 Å². The highest BCUT2D eigenvalue weighted by Gasteiger charge is 2.45. The molecule has 0 radical (unpaired) electrons. The Hall–Kier alpha value is -3.32. The first-order valence-electron chi connectivity index (χ1n) is 11.2. The molecule has 1 amide bonds. The molecule has 2 aliphatic rings. The second kappa shape index (κ2) is 9.27. The first-order valence-corrected chi connectivity index (χ1v) is 11.2. The van der Waals surface area contributed by atoms with Gasteiger partial charge in [0.15, 0.2) is 0 Å². The van der Waals surface area contributed by atoms with Gasteiger partial charge < -0.3 is 24.4 Å². The van der Waals surface area contributed by atoms with E-state index in [2.05, 4.69) is 0 Å². The lowest BCUT2D eigenvalue weighted by Gasteiger charge is -2.26. The van der Waals surface area contributed by atoms with Crippen molar-refractivity contribution < 1.29 is 24.2 Å². The molecule has 2 aromatic carbocycles. The molecule has 2 heterocycles. The van der Waals surface area contributed by atoms with Crippen LogP contribution in [0.1, 0.15) is 36.1 Å². The molecule has 2 aliphatic heterocycles. The molecule has 0 bridgehead atoms. The summed E-state index contributed by atoms with van der Waals surface area (Å²) in [6.45, 7) is 2.81. The highest BCUT2D eigenvalue weighted by Crippen LogP contribution is 2.41. The number of hydrogen-bond acceptors (Lipinski definition) is 6. The fourth-order valence-electron chi connectivity index (χ4n) is 4.52. The Morgan fingerprint density at radius 1 is 1.18 bits per heavy atom. The van der Waals surface area contributed by atoms with Gasteiger partial charge in [-0.25, -0.2) is 0 Å². The molecule has 1 saturated heterocycles. The molecule has 4 rings (SSSR count). The van der Waals surface area contributed by atoms with Crippen molar-refractivity contribution in [3.8, 4) is 5.75 Å². The van der Waals surface area contributed by atoms with E-state index < -0.39 is 17.7 Å². The first-order chi connectivity index (χ1) is 15.8. The fourth-order valence-corrected chi connectivity index (χ4v) is 4.52. The van der Waals surface area contributed by atoms with Gasteiger partial charge in [-0.2, -0.15) is 0 Å². The van der Waals surface area contributed by atoms with Crippen LogP contribution in [0.4, 0.5) is 5.69 Å². The molecule has 7 heteroatoms. The van der Waals surface area contributed by atoms with Crippen molar-refractivity contribution in [2.45, 2.75) is 31.9 Å².